The van der Waals surface area contributed by atoms with E-state index in [0.29, 0.717) is 6.73 Å². The average Bonchev–Trinajstić information content (AvgIpc) is 2.39. The van der Waals surface area contributed by atoms with E-state index in [9.17, 15) is 0 Å². The van der Waals surface area contributed by atoms with E-state index in [1.165, 1.54) is 5.56 Å². The number of rotatable bonds is 1. The number of hydrogen-bond acceptors (Lipinski definition) is 3. The maximum atomic E-state index is 5.68. The van der Waals surface area contributed by atoms with Gasteiger partial charge in [0.05, 0.1) is 6.54 Å². The Bertz CT molecular complexity index is 484. The Balaban J connectivity index is 1.89. The van der Waals surface area contributed by atoms with E-state index in [4.69, 9.17) is 4.74 Å². The van der Waals surface area contributed by atoms with Gasteiger partial charge in [0.2, 0.25) is 0 Å². The van der Waals surface area contributed by atoms with Gasteiger partial charge in [-0.05, 0) is 18.2 Å². The summed E-state index contributed by atoms with van der Waals surface area (Å²) in [5.41, 5.74) is 1.21. The van der Waals surface area contributed by atoms with Crippen molar-refractivity contribution in [3.05, 3.63) is 54.2 Å². The van der Waals surface area contributed by atoms with Gasteiger partial charge in [0.1, 0.15) is 11.6 Å². The topological polar surface area (TPSA) is 25.4 Å². The van der Waals surface area contributed by atoms with E-state index in [0.717, 1.165) is 18.1 Å². The number of pyridine rings is 1. The van der Waals surface area contributed by atoms with Crippen LogP contribution in [0.5, 0.6) is 5.75 Å². The van der Waals surface area contributed by atoms with Gasteiger partial charge in [-0.2, -0.15) is 0 Å². The Morgan fingerprint density at radius 1 is 1.06 bits per heavy atom. The maximum absolute atomic E-state index is 5.68. The molecule has 0 unspecified atom stereocenters. The summed E-state index contributed by atoms with van der Waals surface area (Å²) in [6, 6.07) is 14.0. The standard InChI is InChI=1S/C13H12N2O/c1-2-6-12-11(5-1)9-15(10-16-12)13-7-3-4-8-14-13/h1-8H,9-10H2. The molecular weight excluding hydrogens is 200 g/mol. The highest BCUT2D eigenvalue weighted by Crippen LogP contribution is 2.26. The molecule has 0 bridgehead atoms. The quantitative estimate of drug-likeness (QED) is 0.726. The van der Waals surface area contributed by atoms with Crippen LogP contribution in [0.2, 0.25) is 0 Å². The van der Waals surface area contributed by atoms with Gasteiger partial charge in [-0.15, -0.1) is 0 Å². The molecule has 0 radical (unpaired) electrons. The van der Waals surface area contributed by atoms with Gasteiger partial charge in [-0.25, -0.2) is 4.98 Å². The number of ether oxygens (including phenoxy) is 1. The second kappa shape index (κ2) is 3.85. The first kappa shape index (κ1) is 9.21. The van der Waals surface area contributed by atoms with Crippen LogP contribution in [0.4, 0.5) is 5.82 Å². The number of benzene rings is 1. The zero-order valence-corrected chi connectivity index (χ0v) is 8.84. The molecule has 0 saturated carbocycles. The maximum Gasteiger partial charge on any atom is 0.162 e. The molecule has 0 atom stereocenters. The Morgan fingerprint density at radius 2 is 1.94 bits per heavy atom. The van der Waals surface area contributed by atoms with Crippen LogP contribution in [0.3, 0.4) is 0 Å². The minimum Gasteiger partial charge on any atom is -0.473 e. The summed E-state index contributed by atoms with van der Waals surface area (Å²) < 4.78 is 5.68. The second-order valence-corrected chi connectivity index (χ2v) is 3.77. The van der Waals surface area contributed by atoms with Crippen molar-refractivity contribution >= 4 is 5.82 Å². The lowest BCUT2D eigenvalue weighted by Crippen LogP contribution is -2.32. The van der Waals surface area contributed by atoms with Gasteiger partial charge in [0.25, 0.3) is 0 Å². The van der Waals surface area contributed by atoms with Crippen LogP contribution in [-0.4, -0.2) is 11.7 Å². The molecule has 16 heavy (non-hydrogen) atoms. The molecule has 0 saturated heterocycles. The van der Waals surface area contributed by atoms with Crippen molar-refractivity contribution in [1.82, 2.24) is 4.98 Å². The van der Waals surface area contributed by atoms with Gasteiger partial charge in [-0.1, -0.05) is 24.3 Å². The van der Waals surface area contributed by atoms with Gasteiger partial charge in [0.15, 0.2) is 6.73 Å². The lowest BCUT2D eigenvalue weighted by Gasteiger charge is -2.29. The molecule has 3 heteroatoms. The first-order chi connectivity index (χ1) is 7.93. The molecule has 3 rings (SSSR count). The summed E-state index contributed by atoms with van der Waals surface area (Å²) >= 11 is 0. The van der Waals surface area contributed by atoms with Gasteiger partial charge in [0, 0.05) is 11.8 Å². The lowest BCUT2D eigenvalue weighted by atomic mass is 10.1. The van der Waals surface area contributed by atoms with Crippen molar-refractivity contribution in [1.29, 1.82) is 0 Å². The van der Waals surface area contributed by atoms with E-state index in [1.54, 1.807) is 6.20 Å². The fourth-order valence-electron chi connectivity index (χ4n) is 1.86. The smallest absolute Gasteiger partial charge is 0.162 e. The average molecular weight is 212 g/mol. The van der Waals surface area contributed by atoms with E-state index in [1.807, 2.05) is 36.4 Å². The Kier molecular flexibility index (Phi) is 2.22. The Labute approximate surface area is 94.3 Å². The summed E-state index contributed by atoms with van der Waals surface area (Å²) in [6.07, 6.45) is 1.80. The lowest BCUT2D eigenvalue weighted by molar-refractivity contribution is 0.288. The molecular formula is C13H12N2O. The highest BCUT2D eigenvalue weighted by atomic mass is 16.5. The minimum absolute atomic E-state index is 0.564. The zero-order chi connectivity index (χ0) is 10.8. The highest BCUT2D eigenvalue weighted by molar-refractivity contribution is 5.44. The third-order valence-corrected chi connectivity index (χ3v) is 2.68. The van der Waals surface area contributed by atoms with Crippen molar-refractivity contribution in [2.24, 2.45) is 0 Å². The van der Waals surface area contributed by atoms with E-state index in [2.05, 4.69) is 16.0 Å². The van der Waals surface area contributed by atoms with Crippen LogP contribution < -0.4 is 9.64 Å². The normalized spacial score (nSPS) is 14.1. The fraction of sp³-hybridized carbons (Fsp3) is 0.154. The van der Waals surface area contributed by atoms with Crippen LogP contribution in [0.25, 0.3) is 0 Å². The van der Waals surface area contributed by atoms with E-state index in [-0.39, 0.29) is 0 Å². The number of fused-ring (bicyclic) bond motifs is 1. The number of anilines is 1. The second-order valence-electron chi connectivity index (χ2n) is 3.77. The highest BCUT2D eigenvalue weighted by Gasteiger charge is 2.17. The van der Waals surface area contributed by atoms with Crippen molar-refractivity contribution in [2.45, 2.75) is 6.54 Å². The third-order valence-electron chi connectivity index (χ3n) is 2.68. The largest absolute Gasteiger partial charge is 0.473 e. The number of hydrogen-bond donors (Lipinski definition) is 0. The molecule has 3 nitrogen and oxygen atoms in total. The zero-order valence-electron chi connectivity index (χ0n) is 8.84. The summed E-state index contributed by atoms with van der Waals surface area (Å²) in [5.74, 6) is 1.94. The molecule has 2 heterocycles. The van der Waals surface area contributed by atoms with Crippen LogP contribution in [-0.2, 0) is 6.54 Å². The summed E-state index contributed by atoms with van der Waals surface area (Å²) in [4.78, 5) is 6.43. The minimum atomic E-state index is 0.564. The Morgan fingerprint density at radius 3 is 2.81 bits per heavy atom. The molecule has 1 aromatic carbocycles. The molecule has 1 aliphatic rings. The fourth-order valence-corrected chi connectivity index (χ4v) is 1.86. The van der Waals surface area contributed by atoms with Crippen molar-refractivity contribution in [2.75, 3.05) is 11.6 Å². The predicted octanol–water partition coefficient (Wildman–Crippen LogP) is 2.44. The van der Waals surface area contributed by atoms with E-state index >= 15 is 0 Å². The Hall–Kier alpha value is -2.03. The molecule has 2 aromatic rings. The van der Waals surface area contributed by atoms with Crippen LogP contribution >= 0.6 is 0 Å². The number of aromatic nitrogens is 1. The van der Waals surface area contributed by atoms with Crippen molar-refractivity contribution < 1.29 is 4.74 Å². The van der Waals surface area contributed by atoms with Crippen molar-refractivity contribution in [3.63, 3.8) is 0 Å². The number of para-hydroxylation sites is 1. The molecule has 80 valence electrons. The third kappa shape index (κ3) is 1.60. The van der Waals surface area contributed by atoms with Crippen LogP contribution in [0.1, 0.15) is 5.56 Å². The van der Waals surface area contributed by atoms with Crippen LogP contribution in [0.15, 0.2) is 48.7 Å². The van der Waals surface area contributed by atoms with Gasteiger partial charge >= 0.3 is 0 Å². The molecule has 1 aromatic heterocycles. The molecule has 0 N–H and O–H groups in total. The summed E-state index contributed by atoms with van der Waals surface area (Å²) in [5, 5.41) is 0. The number of nitrogens with zero attached hydrogens (tertiary/aromatic N) is 2. The molecule has 0 fully saturated rings. The summed E-state index contributed by atoms with van der Waals surface area (Å²) in [7, 11) is 0. The van der Waals surface area contributed by atoms with Gasteiger partial charge in [-0.3, -0.25) is 0 Å². The molecule has 0 aliphatic carbocycles. The van der Waals surface area contributed by atoms with Crippen LogP contribution in [0, 0.1) is 0 Å². The molecule has 1 aliphatic heterocycles. The summed E-state index contributed by atoms with van der Waals surface area (Å²) in [6.45, 7) is 1.42. The monoisotopic (exact) mass is 212 g/mol. The SMILES string of the molecule is c1ccc(N2COc3ccccc3C2)nc1. The van der Waals surface area contributed by atoms with Gasteiger partial charge < -0.3 is 9.64 Å². The predicted molar refractivity (Wildman–Crippen MR) is 62.4 cm³/mol. The first-order valence-electron chi connectivity index (χ1n) is 5.30. The molecule has 0 amide bonds. The molecule has 0 spiro atoms. The van der Waals surface area contributed by atoms with E-state index < -0.39 is 0 Å². The first-order valence-corrected chi connectivity index (χ1v) is 5.30. The van der Waals surface area contributed by atoms with Crippen molar-refractivity contribution in [3.8, 4) is 5.75 Å².